The van der Waals surface area contributed by atoms with Crippen LogP contribution < -0.4 is 9.47 Å². The molecule has 0 aromatic heterocycles. The molecule has 0 unspecified atom stereocenters. The molecule has 0 saturated carbocycles. The van der Waals surface area contributed by atoms with Gasteiger partial charge in [0.25, 0.3) is 5.79 Å². The fraction of sp³-hybridized carbons (Fsp3) is 0.296. The van der Waals surface area contributed by atoms with Crippen LogP contribution in [-0.4, -0.2) is 39.9 Å². The first-order valence-electron chi connectivity index (χ1n) is 11.1. The molecule has 0 spiro atoms. The smallest absolute Gasteiger partial charge is 0.442 e. The Hall–Kier alpha value is -2.66. The molecule has 5 nitrogen and oxygen atoms in total. The van der Waals surface area contributed by atoms with Crippen molar-refractivity contribution in [2.24, 2.45) is 4.99 Å². The fourth-order valence-corrected chi connectivity index (χ4v) is 4.14. The van der Waals surface area contributed by atoms with Crippen LogP contribution in [-0.2, 0) is 19.0 Å². The molecule has 0 atom stereocenters. The van der Waals surface area contributed by atoms with E-state index in [0.717, 1.165) is 38.3 Å². The molecule has 0 aliphatic rings. The molecular weight excluding hydrogens is 523 g/mol. The van der Waals surface area contributed by atoms with E-state index >= 15 is 0 Å². The maximum Gasteiger partial charge on any atom is 0.442 e. The molecule has 0 heterocycles. The normalized spacial score (nSPS) is 11.9. The minimum absolute atomic E-state index is 0.257. The predicted molar refractivity (Wildman–Crippen MR) is 145 cm³/mol. The van der Waals surface area contributed by atoms with Crippen LogP contribution in [0.3, 0.4) is 0 Å². The van der Waals surface area contributed by atoms with Gasteiger partial charge >= 0.3 is 6.18 Å². The molecule has 0 fully saturated rings. The van der Waals surface area contributed by atoms with Gasteiger partial charge in [-0.2, -0.15) is 13.2 Å². The van der Waals surface area contributed by atoms with Gasteiger partial charge in [0, 0.05) is 18.9 Å². The van der Waals surface area contributed by atoms with E-state index in [1.165, 1.54) is 0 Å². The van der Waals surface area contributed by atoms with Crippen LogP contribution in [0.2, 0.25) is 0 Å². The van der Waals surface area contributed by atoms with Gasteiger partial charge < -0.3 is 19.7 Å². The molecular formula is C27H30F3NO4S2. The average Bonchev–Trinajstić information content (AvgIpc) is 2.87. The molecule has 3 rings (SSSR count). The maximum absolute atomic E-state index is 11.1. The zero-order chi connectivity index (χ0) is 27.3. The third-order valence-electron chi connectivity index (χ3n) is 4.69. The highest BCUT2D eigenvalue weighted by Crippen LogP contribution is 2.29. The van der Waals surface area contributed by atoms with Gasteiger partial charge in [-0.3, -0.25) is 4.99 Å². The average molecular weight is 554 g/mol. The number of rotatable bonds is 8. The Morgan fingerprint density at radius 2 is 1.24 bits per heavy atom. The quantitative estimate of drug-likeness (QED) is 0.184. The second kappa shape index (κ2) is 14.9. The first-order valence-corrected chi connectivity index (χ1v) is 13.4. The summed E-state index contributed by atoms with van der Waals surface area (Å²) in [5, 5.41) is 15.6. The Bertz CT molecular complexity index is 1030. The number of halogens is 3. The van der Waals surface area contributed by atoms with Gasteiger partial charge in [-0.05, 0) is 42.0 Å². The summed E-state index contributed by atoms with van der Waals surface area (Å²) in [7, 11) is 1.83. The Labute approximate surface area is 223 Å². The van der Waals surface area contributed by atoms with Crippen molar-refractivity contribution in [3.63, 3.8) is 0 Å². The van der Waals surface area contributed by atoms with Crippen molar-refractivity contribution in [1.82, 2.24) is 0 Å². The van der Waals surface area contributed by atoms with Crippen molar-refractivity contribution < 1.29 is 32.9 Å². The fourth-order valence-electron chi connectivity index (χ4n) is 2.72. The summed E-state index contributed by atoms with van der Waals surface area (Å²) in [4.78, 5) is 4.30. The zero-order valence-electron chi connectivity index (χ0n) is 20.7. The standard InChI is InChI=1S/C24H25NO2S2.C3H5F3O2/c1-25-24(28-2)29-18-21-13-22(26-16-19-9-5-3-6-10-19)15-23(14-21)27-17-20-11-7-4-8-12-20;1-2(7,8)3(4,5)6/h3-15H,16-18H2,1-2H3;7-8H,1H3. The molecule has 0 radical (unpaired) electrons. The molecule has 0 bridgehead atoms. The van der Waals surface area contributed by atoms with Crippen molar-refractivity contribution in [2.45, 2.75) is 37.9 Å². The van der Waals surface area contributed by atoms with Crippen molar-refractivity contribution in [2.75, 3.05) is 13.3 Å². The lowest BCUT2D eigenvalue weighted by Crippen LogP contribution is -2.41. The van der Waals surface area contributed by atoms with Crippen molar-refractivity contribution in [3.8, 4) is 11.5 Å². The third kappa shape index (κ3) is 11.5. The second-order valence-corrected chi connectivity index (χ2v) is 9.88. The van der Waals surface area contributed by atoms with Gasteiger partial charge in [0.2, 0.25) is 0 Å². The molecule has 10 heteroatoms. The largest absolute Gasteiger partial charge is 0.489 e. The van der Waals surface area contributed by atoms with E-state index in [-0.39, 0.29) is 6.92 Å². The number of hydrogen-bond acceptors (Lipinski definition) is 7. The van der Waals surface area contributed by atoms with Gasteiger partial charge in [0.15, 0.2) is 0 Å². The first kappa shape index (κ1) is 30.6. The van der Waals surface area contributed by atoms with Crippen LogP contribution in [0.5, 0.6) is 11.5 Å². The molecule has 3 aromatic carbocycles. The summed E-state index contributed by atoms with van der Waals surface area (Å²) in [6.07, 6.45) is -2.91. The summed E-state index contributed by atoms with van der Waals surface area (Å²) in [6.45, 7) is 1.32. The Kier molecular flexibility index (Phi) is 12.3. The second-order valence-electron chi connectivity index (χ2n) is 7.86. The van der Waals surface area contributed by atoms with Gasteiger partial charge in [0.05, 0.1) is 0 Å². The lowest BCUT2D eigenvalue weighted by atomic mass is 10.2. The van der Waals surface area contributed by atoms with Crippen molar-refractivity contribution in [3.05, 3.63) is 95.6 Å². The number of hydrogen-bond donors (Lipinski definition) is 2. The van der Waals surface area contributed by atoms with Crippen LogP contribution in [0.4, 0.5) is 13.2 Å². The van der Waals surface area contributed by atoms with Gasteiger partial charge in [-0.15, -0.1) is 11.8 Å². The van der Waals surface area contributed by atoms with Gasteiger partial charge in [-0.1, -0.05) is 72.4 Å². The SMILES string of the molecule is CC(O)(O)C(F)(F)F.CN=C(SC)SCc1cc(OCc2ccccc2)cc(OCc2ccccc2)c1. The zero-order valence-corrected chi connectivity index (χ0v) is 22.4. The van der Waals surface area contributed by atoms with Crippen molar-refractivity contribution >= 4 is 27.9 Å². The minimum Gasteiger partial charge on any atom is -0.489 e. The molecule has 200 valence electrons. The molecule has 0 amide bonds. The molecule has 0 aliphatic carbocycles. The third-order valence-corrected chi connectivity index (χ3v) is 6.99. The number of alkyl halides is 3. The van der Waals surface area contributed by atoms with E-state index in [4.69, 9.17) is 19.7 Å². The first-order chi connectivity index (χ1) is 17.5. The van der Waals surface area contributed by atoms with E-state index in [1.807, 2.05) is 55.8 Å². The van der Waals surface area contributed by atoms with E-state index < -0.39 is 12.0 Å². The highest BCUT2D eigenvalue weighted by Gasteiger charge is 2.48. The van der Waals surface area contributed by atoms with Crippen LogP contribution in [0.15, 0.2) is 83.9 Å². The van der Waals surface area contributed by atoms with Crippen molar-refractivity contribution in [1.29, 1.82) is 0 Å². The minimum atomic E-state index is -4.95. The van der Waals surface area contributed by atoms with Crippen LogP contribution >= 0.6 is 23.5 Å². The topological polar surface area (TPSA) is 71.3 Å². The summed E-state index contributed by atoms with van der Waals surface area (Å²) < 4.78 is 46.4. The Morgan fingerprint density at radius 3 is 1.59 bits per heavy atom. The number of benzene rings is 3. The summed E-state index contributed by atoms with van der Waals surface area (Å²) >= 11 is 3.39. The van der Waals surface area contributed by atoms with E-state index in [0.29, 0.717) is 13.2 Å². The highest BCUT2D eigenvalue weighted by molar-refractivity contribution is 8.38. The van der Waals surface area contributed by atoms with Crippen LogP contribution in [0.1, 0.15) is 23.6 Å². The summed E-state index contributed by atoms with van der Waals surface area (Å²) in [5.41, 5.74) is 3.43. The molecule has 0 aliphatic heterocycles. The van der Waals surface area contributed by atoms with Gasteiger partial charge in [-0.25, -0.2) is 0 Å². The molecule has 37 heavy (non-hydrogen) atoms. The number of aliphatic imine (C=N–C) groups is 1. The number of nitrogens with zero attached hydrogens (tertiary/aromatic N) is 1. The Morgan fingerprint density at radius 1 is 0.811 bits per heavy atom. The lowest BCUT2D eigenvalue weighted by Gasteiger charge is -2.18. The van der Waals surface area contributed by atoms with E-state index in [2.05, 4.69) is 41.4 Å². The Balaban J connectivity index is 0.000000521. The summed E-state index contributed by atoms with van der Waals surface area (Å²) in [6, 6.07) is 26.5. The number of aliphatic hydroxyl groups is 2. The highest BCUT2D eigenvalue weighted by atomic mass is 32.2. The van der Waals surface area contributed by atoms with Crippen LogP contribution in [0, 0.1) is 0 Å². The van der Waals surface area contributed by atoms with E-state index in [9.17, 15) is 13.2 Å². The van der Waals surface area contributed by atoms with Gasteiger partial charge in [0.1, 0.15) is 29.1 Å². The number of thioether (sulfide) groups is 2. The number of ether oxygens (including phenoxy) is 2. The van der Waals surface area contributed by atoms with E-state index in [1.54, 1.807) is 23.5 Å². The lowest BCUT2D eigenvalue weighted by molar-refractivity contribution is -0.339. The molecule has 2 N–H and O–H groups in total. The molecule has 0 saturated heterocycles. The molecule has 3 aromatic rings. The monoisotopic (exact) mass is 553 g/mol. The summed E-state index contributed by atoms with van der Waals surface area (Å²) in [5.74, 6) is -1.12. The van der Waals surface area contributed by atoms with Crippen LogP contribution in [0.25, 0.3) is 0 Å². The maximum atomic E-state index is 11.1. The predicted octanol–water partition coefficient (Wildman–Crippen LogP) is 6.68.